The van der Waals surface area contributed by atoms with Crippen LogP contribution in [0, 0.1) is 0 Å². The predicted octanol–water partition coefficient (Wildman–Crippen LogP) is -0.239. The van der Waals surface area contributed by atoms with Crippen LogP contribution in [0.3, 0.4) is 0 Å². The van der Waals surface area contributed by atoms with Crippen LogP contribution in [0.15, 0.2) is 0 Å². The van der Waals surface area contributed by atoms with Crippen LogP contribution in [-0.2, 0) is 9.59 Å². The van der Waals surface area contributed by atoms with E-state index in [0.717, 1.165) is 24.3 Å². The molecule has 0 heterocycles. The number of aliphatic hydroxyl groups is 1. The fraction of sp³-hybridized carbons (Fsp3) is 0.833. The number of rotatable bonds is 10. The molecule has 0 spiro atoms. The second-order valence-corrected chi connectivity index (χ2v) is 4.41. The van der Waals surface area contributed by atoms with Crippen LogP contribution in [-0.4, -0.2) is 60.1 Å². The fourth-order valence-corrected chi connectivity index (χ4v) is 1.67. The van der Waals surface area contributed by atoms with Gasteiger partial charge < -0.3 is 15.7 Å². The van der Waals surface area contributed by atoms with Crippen molar-refractivity contribution in [1.82, 2.24) is 9.80 Å². The number of nitrogens with two attached hydrogens (primary N) is 1. The molecule has 0 bridgehead atoms. The summed E-state index contributed by atoms with van der Waals surface area (Å²) < 4.78 is 0. The van der Waals surface area contributed by atoms with Crippen molar-refractivity contribution in [3.63, 3.8) is 0 Å². The zero-order chi connectivity index (χ0) is 14.0. The van der Waals surface area contributed by atoms with Gasteiger partial charge in [-0.2, -0.15) is 0 Å². The lowest BCUT2D eigenvalue weighted by atomic mass is 10.2. The van der Waals surface area contributed by atoms with Gasteiger partial charge in [0.05, 0.1) is 6.54 Å². The maximum atomic E-state index is 11.3. The highest BCUT2D eigenvalue weighted by Crippen LogP contribution is 2.02. The summed E-state index contributed by atoms with van der Waals surface area (Å²) in [6.45, 7) is 2.95. The van der Waals surface area contributed by atoms with E-state index in [9.17, 15) is 14.7 Å². The normalized spacial score (nSPS) is 12.5. The zero-order valence-electron chi connectivity index (χ0n) is 11.3. The second-order valence-electron chi connectivity index (χ2n) is 4.41. The van der Waals surface area contributed by atoms with Crippen LogP contribution in [0.2, 0.25) is 0 Å². The molecule has 0 aliphatic heterocycles. The number of unbranched alkanes of at least 4 members (excludes halogenated alkanes) is 3. The lowest BCUT2D eigenvalue weighted by molar-refractivity contribution is -0.148. The molecule has 106 valence electrons. The van der Waals surface area contributed by atoms with Crippen LogP contribution < -0.4 is 5.73 Å². The van der Waals surface area contributed by atoms with E-state index in [4.69, 9.17) is 5.73 Å². The van der Waals surface area contributed by atoms with Gasteiger partial charge in [0, 0.05) is 6.54 Å². The molecular formula is C12H25N3O3. The van der Waals surface area contributed by atoms with Crippen molar-refractivity contribution >= 4 is 12.3 Å². The standard InChI is InChI=1S/C12H25N3O3/c1-3-4-5-6-7-14(2)9-12(18)15(10-16)11(17)8-13/h10,12,18H,3-9,13H2,1-2H3. The summed E-state index contributed by atoms with van der Waals surface area (Å²) in [5, 5.41) is 9.76. The average Bonchev–Trinajstić information content (AvgIpc) is 2.35. The molecule has 1 atom stereocenters. The van der Waals surface area contributed by atoms with Crippen molar-refractivity contribution in [3.8, 4) is 0 Å². The maximum absolute atomic E-state index is 11.3. The largest absolute Gasteiger partial charge is 0.372 e. The quantitative estimate of drug-likeness (QED) is 0.321. The van der Waals surface area contributed by atoms with E-state index in [2.05, 4.69) is 6.92 Å². The van der Waals surface area contributed by atoms with E-state index >= 15 is 0 Å². The first-order valence-corrected chi connectivity index (χ1v) is 6.39. The number of hydrogen-bond acceptors (Lipinski definition) is 5. The summed E-state index contributed by atoms with van der Waals surface area (Å²) in [7, 11) is 1.85. The fourth-order valence-electron chi connectivity index (χ4n) is 1.67. The van der Waals surface area contributed by atoms with Gasteiger partial charge in [0.25, 0.3) is 0 Å². The minimum atomic E-state index is -1.13. The minimum absolute atomic E-state index is 0.247. The average molecular weight is 259 g/mol. The third-order valence-corrected chi connectivity index (χ3v) is 2.77. The smallest absolute Gasteiger partial charge is 0.244 e. The first kappa shape index (κ1) is 17.0. The van der Waals surface area contributed by atoms with Crippen LogP contribution in [0.5, 0.6) is 0 Å². The molecule has 18 heavy (non-hydrogen) atoms. The summed E-state index contributed by atoms with van der Waals surface area (Å²) in [6, 6.07) is 0. The molecule has 0 radical (unpaired) electrons. The van der Waals surface area contributed by atoms with Gasteiger partial charge in [0.1, 0.15) is 6.23 Å². The second kappa shape index (κ2) is 9.99. The molecule has 3 N–H and O–H groups in total. The Hall–Kier alpha value is -0.980. The van der Waals surface area contributed by atoms with E-state index in [1.54, 1.807) is 0 Å². The van der Waals surface area contributed by atoms with Gasteiger partial charge in [-0.25, -0.2) is 0 Å². The molecule has 0 aromatic carbocycles. The third kappa shape index (κ3) is 6.68. The van der Waals surface area contributed by atoms with Crippen molar-refractivity contribution in [1.29, 1.82) is 0 Å². The Labute approximate surface area is 109 Å². The molecule has 0 aromatic heterocycles. The molecule has 6 nitrogen and oxygen atoms in total. The van der Waals surface area contributed by atoms with Gasteiger partial charge in [0.2, 0.25) is 12.3 Å². The van der Waals surface area contributed by atoms with Crippen molar-refractivity contribution in [3.05, 3.63) is 0 Å². The molecule has 0 saturated carbocycles. The van der Waals surface area contributed by atoms with Crippen molar-refractivity contribution in [2.45, 2.75) is 38.8 Å². The number of amides is 2. The first-order chi connectivity index (χ1) is 8.56. The van der Waals surface area contributed by atoms with Crippen LogP contribution in [0.1, 0.15) is 32.6 Å². The van der Waals surface area contributed by atoms with Gasteiger partial charge in [0.15, 0.2) is 0 Å². The molecule has 0 aliphatic rings. The van der Waals surface area contributed by atoms with Gasteiger partial charge >= 0.3 is 0 Å². The Kier molecular flexibility index (Phi) is 9.45. The summed E-state index contributed by atoms with van der Waals surface area (Å²) in [5.41, 5.74) is 5.16. The number of carbonyl (C=O) groups excluding carboxylic acids is 2. The number of likely N-dealkylation sites (N-methyl/N-ethyl adjacent to an activating group) is 1. The summed E-state index contributed by atoms with van der Waals surface area (Å²) in [6.07, 6.45) is 3.76. The molecule has 0 saturated heterocycles. The number of hydrogen-bond donors (Lipinski definition) is 2. The molecule has 6 heteroatoms. The topological polar surface area (TPSA) is 86.9 Å². The Bertz CT molecular complexity index is 249. The summed E-state index contributed by atoms with van der Waals surface area (Å²) in [5.74, 6) is -0.572. The van der Waals surface area contributed by atoms with E-state index in [-0.39, 0.29) is 13.1 Å². The van der Waals surface area contributed by atoms with Crippen molar-refractivity contribution < 1.29 is 14.7 Å². The zero-order valence-corrected chi connectivity index (χ0v) is 11.3. The van der Waals surface area contributed by atoms with Gasteiger partial charge in [-0.05, 0) is 20.0 Å². The molecule has 0 aliphatic carbocycles. The van der Waals surface area contributed by atoms with Crippen LogP contribution in [0.25, 0.3) is 0 Å². The molecular weight excluding hydrogens is 234 g/mol. The lowest BCUT2D eigenvalue weighted by Gasteiger charge is -2.26. The van der Waals surface area contributed by atoms with E-state index < -0.39 is 12.1 Å². The molecule has 0 fully saturated rings. The highest BCUT2D eigenvalue weighted by atomic mass is 16.3. The number of aliphatic hydroxyl groups excluding tert-OH is 1. The Balaban J connectivity index is 4.00. The maximum Gasteiger partial charge on any atom is 0.244 e. The van der Waals surface area contributed by atoms with Crippen molar-refractivity contribution in [2.24, 2.45) is 5.73 Å². The molecule has 2 amide bonds. The monoisotopic (exact) mass is 259 g/mol. The first-order valence-electron chi connectivity index (χ1n) is 6.39. The Morgan fingerprint density at radius 3 is 2.56 bits per heavy atom. The third-order valence-electron chi connectivity index (χ3n) is 2.77. The molecule has 0 aromatic rings. The summed E-state index contributed by atoms with van der Waals surface area (Å²) >= 11 is 0. The van der Waals surface area contributed by atoms with Crippen LogP contribution in [0.4, 0.5) is 0 Å². The highest BCUT2D eigenvalue weighted by Gasteiger charge is 2.20. The van der Waals surface area contributed by atoms with E-state index in [1.165, 1.54) is 12.8 Å². The van der Waals surface area contributed by atoms with E-state index in [1.807, 2.05) is 11.9 Å². The molecule has 1 unspecified atom stereocenters. The molecule has 0 rings (SSSR count). The lowest BCUT2D eigenvalue weighted by Crippen LogP contribution is -2.47. The number of carbonyl (C=O) groups is 2. The van der Waals surface area contributed by atoms with Crippen molar-refractivity contribution in [2.75, 3.05) is 26.7 Å². The SMILES string of the molecule is CCCCCCN(C)CC(O)N(C=O)C(=O)CN. The number of nitrogens with zero attached hydrogens (tertiary/aromatic N) is 2. The predicted molar refractivity (Wildman–Crippen MR) is 69.6 cm³/mol. The Morgan fingerprint density at radius 1 is 1.39 bits per heavy atom. The Morgan fingerprint density at radius 2 is 2.06 bits per heavy atom. The van der Waals surface area contributed by atoms with E-state index in [0.29, 0.717) is 6.41 Å². The van der Waals surface area contributed by atoms with Gasteiger partial charge in [-0.15, -0.1) is 0 Å². The highest BCUT2D eigenvalue weighted by molar-refractivity contribution is 5.87. The van der Waals surface area contributed by atoms with Crippen LogP contribution >= 0.6 is 0 Å². The van der Waals surface area contributed by atoms with Gasteiger partial charge in [-0.3, -0.25) is 14.5 Å². The van der Waals surface area contributed by atoms with Gasteiger partial charge in [-0.1, -0.05) is 26.2 Å². The number of imide groups is 1. The minimum Gasteiger partial charge on any atom is -0.372 e. The summed E-state index contributed by atoms with van der Waals surface area (Å²) in [4.78, 5) is 24.6.